The summed E-state index contributed by atoms with van der Waals surface area (Å²) in [5.41, 5.74) is 0. The van der Waals surface area contributed by atoms with Crippen molar-refractivity contribution in [1.29, 1.82) is 0 Å². The molecule has 8 saturated heterocycles. The maximum Gasteiger partial charge on any atom is 0.163 e. The molecule has 0 saturated carbocycles. The zero-order valence-electron chi connectivity index (χ0n) is 32.7. The Hall–Kier alpha value is -0.680. The number of methoxy groups -OCH3 is 1. The Bertz CT molecular complexity index is 1250. The number of aliphatic hydroxyl groups excluding tert-OH is 1. The zero-order chi connectivity index (χ0) is 38.0. The molecule has 54 heavy (non-hydrogen) atoms. The van der Waals surface area contributed by atoms with Crippen LogP contribution in [-0.4, -0.2) is 162 Å². The topological polar surface area (TPSA) is 168 Å². The Morgan fingerprint density at radius 2 is 0.685 bits per heavy atom. The van der Waals surface area contributed by atoms with E-state index in [1.54, 1.807) is 7.11 Å². The van der Waals surface area contributed by atoms with Gasteiger partial charge in [0, 0.05) is 30.8 Å². The number of rotatable bonds is 7. The number of ether oxygens (including phenoxy) is 16. The summed E-state index contributed by atoms with van der Waals surface area (Å²) in [5.74, 6) is -1.29. The van der Waals surface area contributed by atoms with E-state index in [0.717, 1.165) is 0 Å². The summed E-state index contributed by atoms with van der Waals surface area (Å²) in [6, 6.07) is 0. The average molecular weight is 777 g/mol. The summed E-state index contributed by atoms with van der Waals surface area (Å²) < 4.78 is 100. The van der Waals surface area contributed by atoms with Crippen molar-refractivity contribution in [1.82, 2.24) is 0 Å². The van der Waals surface area contributed by atoms with Crippen LogP contribution in [0.25, 0.3) is 0 Å². The van der Waals surface area contributed by atoms with Gasteiger partial charge in [-0.05, 0) is 27.7 Å². The van der Waals surface area contributed by atoms with Crippen molar-refractivity contribution in [2.45, 2.75) is 179 Å². The molecule has 1 N–H and O–H groups in total. The van der Waals surface area contributed by atoms with Gasteiger partial charge in [0.25, 0.3) is 0 Å². The predicted octanol–water partition coefficient (Wildman–Crippen LogP) is 1.64. The molecular formula is C37H60O17. The highest BCUT2D eigenvalue weighted by Crippen LogP contribution is 2.43. The third-order valence-corrected chi connectivity index (χ3v) is 12.3. The Morgan fingerprint density at radius 3 is 1.06 bits per heavy atom. The maximum atomic E-state index is 11.3. The molecule has 8 aliphatic rings. The van der Waals surface area contributed by atoms with Crippen LogP contribution < -0.4 is 0 Å². The highest BCUT2D eigenvalue weighted by molar-refractivity contribution is 4.99. The minimum atomic E-state index is -0.820. The smallest absolute Gasteiger partial charge is 0.163 e. The molecule has 0 bridgehead atoms. The van der Waals surface area contributed by atoms with E-state index in [2.05, 4.69) is 0 Å². The van der Waals surface area contributed by atoms with Crippen molar-refractivity contribution in [2.75, 3.05) is 33.5 Å². The number of hydrogen-bond acceptors (Lipinski definition) is 17. The number of aliphatic hydroxyl groups is 1. The molecule has 0 radical (unpaired) electrons. The normalized spacial score (nSPS) is 56.6. The van der Waals surface area contributed by atoms with Crippen LogP contribution in [-0.2, 0) is 75.8 Å². The second kappa shape index (κ2) is 16.5. The van der Waals surface area contributed by atoms with E-state index in [0.29, 0.717) is 13.2 Å². The quantitative estimate of drug-likeness (QED) is 0.396. The van der Waals surface area contributed by atoms with Crippen LogP contribution >= 0.6 is 0 Å². The Kier molecular flexibility index (Phi) is 12.3. The maximum absolute atomic E-state index is 11.3. The fourth-order valence-electron chi connectivity index (χ4n) is 9.14. The van der Waals surface area contributed by atoms with Crippen molar-refractivity contribution in [3.63, 3.8) is 0 Å². The van der Waals surface area contributed by atoms with Crippen molar-refractivity contribution >= 4 is 0 Å². The Balaban J connectivity index is 1.03. The lowest BCUT2D eigenvalue weighted by Gasteiger charge is -2.54. The Labute approximate surface area is 316 Å². The van der Waals surface area contributed by atoms with Gasteiger partial charge in [-0.2, -0.15) is 0 Å². The molecule has 8 fully saturated rings. The molecule has 0 amide bonds. The molecule has 24 atom stereocenters. The first-order valence-corrected chi connectivity index (χ1v) is 19.8. The van der Waals surface area contributed by atoms with E-state index in [4.69, 9.17) is 75.8 Å². The second-order valence-electron chi connectivity index (χ2n) is 16.1. The third-order valence-electron chi connectivity index (χ3n) is 12.3. The van der Waals surface area contributed by atoms with Crippen molar-refractivity contribution in [3.8, 4) is 0 Å². The zero-order valence-corrected chi connectivity index (χ0v) is 32.7. The van der Waals surface area contributed by atoms with Crippen LogP contribution in [0.15, 0.2) is 0 Å². The molecule has 0 aromatic rings. The molecule has 8 rings (SSSR count). The fourth-order valence-corrected chi connectivity index (χ4v) is 9.14. The van der Waals surface area contributed by atoms with Crippen LogP contribution in [0.2, 0.25) is 0 Å². The largest absolute Gasteiger partial charge is 0.390 e. The van der Waals surface area contributed by atoms with Crippen LogP contribution in [0.3, 0.4) is 0 Å². The summed E-state index contributed by atoms with van der Waals surface area (Å²) in [6.07, 6.45) is -10.7. The van der Waals surface area contributed by atoms with Gasteiger partial charge in [0.15, 0.2) is 50.3 Å². The molecule has 0 aromatic heterocycles. The molecular weight excluding hydrogens is 716 g/mol. The summed E-state index contributed by atoms with van der Waals surface area (Å²) in [7, 11) is 1.62. The highest BCUT2D eigenvalue weighted by atomic mass is 16.8. The molecule has 310 valence electrons. The van der Waals surface area contributed by atoms with E-state index < -0.39 is 123 Å². The Morgan fingerprint density at radius 1 is 0.389 bits per heavy atom. The molecule has 0 spiro atoms. The van der Waals surface area contributed by atoms with E-state index in [1.807, 2.05) is 55.4 Å². The van der Waals surface area contributed by atoms with Gasteiger partial charge < -0.3 is 80.9 Å². The van der Waals surface area contributed by atoms with Gasteiger partial charge in [0.1, 0.15) is 48.8 Å². The van der Waals surface area contributed by atoms with Crippen LogP contribution in [0, 0.1) is 23.7 Å². The van der Waals surface area contributed by atoms with Gasteiger partial charge in [-0.3, -0.25) is 0 Å². The van der Waals surface area contributed by atoms with Crippen molar-refractivity contribution in [2.24, 2.45) is 23.7 Å². The molecule has 8 aliphatic heterocycles. The monoisotopic (exact) mass is 776 g/mol. The van der Waals surface area contributed by atoms with E-state index >= 15 is 0 Å². The molecule has 17 heteroatoms. The van der Waals surface area contributed by atoms with Gasteiger partial charge in [-0.25, -0.2) is 0 Å². The van der Waals surface area contributed by atoms with E-state index in [9.17, 15) is 5.11 Å². The summed E-state index contributed by atoms with van der Waals surface area (Å²) in [4.78, 5) is 0. The second-order valence-corrected chi connectivity index (χ2v) is 16.1. The first-order chi connectivity index (χ1) is 25.9. The van der Waals surface area contributed by atoms with Crippen molar-refractivity contribution < 1.29 is 80.9 Å². The van der Waals surface area contributed by atoms with Gasteiger partial charge in [-0.15, -0.1) is 0 Å². The van der Waals surface area contributed by atoms with Crippen molar-refractivity contribution in [3.05, 3.63) is 0 Å². The van der Waals surface area contributed by atoms with Gasteiger partial charge in [-0.1, -0.05) is 27.7 Å². The molecule has 8 heterocycles. The van der Waals surface area contributed by atoms with Gasteiger partial charge in [0.2, 0.25) is 0 Å². The van der Waals surface area contributed by atoms with Crippen LogP contribution in [0.4, 0.5) is 0 Å². The first kappa shape index (κ1) is 40.1. The standard InChI is InChI=1S/C37H60O17/c1-14-26(38)30-22(10-40-18(5)44-30)49-35(14)52-28-16(3)37(51-24-12-42-20(7)46-32(24)28)54-29-17(4)36(50-25-13-43-21(8)47-33(25)29)53-27-15(2)34(39-9)48-23-11-41-19(6)45-31(23)27/h14-38H,10-13H2,1-9H3. The molecule has 0 aliphatic carbocycles. The van der Waals surface area contributed by atoms with Gasteiger partial charge >= 0.3 is 0 Å². The lowest BCUT2D eigenvalue weighted by atomic mass is 9.88. The van der Waals surface area contributed by atoms with Crippen LogP contribution in [0.5, 0.6) is 0 Å². The van der Waals surface area contributed by atoms with E-state index in [1.165, 1.54) is 0 Å². The number of fused-ring (bicyclic) bond motifs is 4. The summed E-state index contributed by atoms with van der Waals surface area (Å²) in [5, 5.41) is 11.3. The fraction of sp³-hybridized carbons (Fsp3) is 1.00. The molecule has 17 nitrogen and oxygen atoms in total. The number of hydrogen-bond donors (Lipinski definition) is 1. The third kappa shape index (κ3) is 7.77. The molecule has 0 aromatic carbocycles. The first-order valence-electron chi connectivity index (χ1n) is 19.8. The molecule has 24 unspecified atom stereocenters. The lowest BCUT2D eigenvalue weighted by Crippen LogP contribution is -2.67. The average Bonchev–Trinajstić information content (AvgIpc) is 3.15. The predicted molar refractivity (Wildman–Crippen MR) is 180 cm³/mol. The summed E-state index contributed by atoms with van der Waals surface area (Å²) >= 11 is 0. The van der Waals surface area contributed by atoms with Crippen LogP contribution in [0.1, 0.15) is 55.4 Å². The van der Waals surface area contributed by atoms with E-state index in [-0.39, 0.29) is 37.1 Å². The lowest BCUT2D eigenvalue weighted by molar-refractivity contribution is -0.414. The minimum Gasteiger partial charge on any atom is -0.390 e. The minimum absolute atomic E-state index is 0.188. The SMILES string of the molecule is COC1OC2COC(C)OC2C(OC2OC3COC(C)OC3C(OC3OC4COC(C)OC4C(OC4OC5COC(C)OC5C(O)C4C)C3C)C2C)C1C. The van der Waals surface area contributed by atoms with Gasteiger partial charge in [0.05, 0.1) is 50.8 Å². The highest BCUT2D eigenvalue weighted by Gasteiger charge is 2.57. The summed E-state index contributed by atoms with van der Waals surface area (Å²) in [6.45, 7) is 16.6.